The molecule has 0 atom stereocenters. The third kappa shape index (κ3) is 6.28. The summed E-state index contributed by atoms with van der Waals surface area (Å²) in [4.78, 5) is 15.4. The van der Waals surface area contributed by atoms with Crippen LogP contribution in [0.3, 0.4) is 0 Å². The Morgan fingerprint density at radius 3 is 2.16 bits per heavy atom. The minimum atomic E-state index is 0.000977. The van der Waals surface area contributed by atoms with E-state index in [1.807, 2.05) is 24.3 Å². The molecular weight excluding hydrogens is 380 g/mol. The zero-order valence-corrected chi connectivity index (χ0v) is 18.2. The predicted molar refractivity (Wildman–Crippen MR) is 127 cm³/mol. The Morgan fingerprint density at radius 1 is 0.710 bits per heavy atom. The first kappa shape index (κ1) is 21.3. The van der Waals surface area contributed by atoms with Crippen molar-refractivity contribution in [2.75, 3.05) is 13.1 Å². The van der Waals surface area contributed by atoms with Gasteiger partial charge in [-0.1, -0.05) is 79.2 Å². The maximum Gasteiger partial charge on any atom is 0.251 e. The molecule has 31 heavy (non-hydrogen) atoms. The monoisotopic (exact) mass is 412 g/mol. The van der Waals surface area contributed by atoms with Crippen molar-refractivity contribution in [3.63, 3.8) is 0 Å². The fraction of sp³-hybridized carbons (Fsp3) is 0.321. The van der Waals surface area contributed by atoms with Crippen molar-refractivity contribution in [3.05, 3.63) is 107 Å². The van der Waals surface area contributed by atoms with Crippen LogP contribution >= 0.6 is 0 Å². The Bertz CT molecular complexity index is 960. The van der Waals surface area contributed by atoms with E-state index in [1.54, 1.807) is 0 Å². The third-order valence-corrected chi connectivity index (χ3v) is 6.12. The number of piperidine rings is 1. The molecule has 4 rings (SSSR count). The fourth-order valence-corrected chi connectivity index (χ4v) is 4.30. The molecule has 0 radical (unpaired) electrons. The number of hydrogen-bond donors (Lipinski definition) is 1. The number of rotatable bonds is 8. The van der Waals surface area contributed by atoms with E-state index in [0.717, 1.165) is 36.1 Å². The second kappa shape index (κ2) is 10.9. The highest BCUT2D eigenvalue weighted by atomic mass is 16.1. The Hall–Kier alpha value is -2.91. The molecule has 0 unspecified atom stereocenters. The van der Waals surface area contributed by atoms with Crippen LogP contribution in [0, 0.1) is 0 Å². The van der Waals surface area contributed by atoms with E-state index in [0.29, 0.717) is 6.54 Å². The fourth-order valence-electron chi connectivity index (χ4n) is 4.30. The Morgan fingerprint density at radius 2 is 1.39 bits per heavy atom. The number of carbonyl (C=O) groups is 1. The normalized spacial score (nSPS) is 14.3. The van der Waals surface area contributed by atoms with Crippen molar-refractivity contribution in [3.8, 4) is 0 Å². The van der Waals surface area contributed by atoms with Crippen LogP contribution in [0.25, 0.3) is 0 Å². The summed E-state index contributed by atoms with van der Waals surface area (Å²) in [6, 6.07) is 27.0. The molecule has 0 spiro atoms. The van der Waals surface area contributed by atoms with Gasteiger partial charge in [0.15, 0.2) is 0 Å². The van der Waals surface area contributed by atoms with E-state index < -0.39 is 0 Å². The highest BCUT2D eigenvalue weighted by Gasteiger charge is 2.12. The summed E-state index contributed by atoms with van der Waals surface area (Å²) in [5.41, 5.74) is 5.66. The molecule has 1 N–H and O–H groups in total. The SMILES string of the molecule is O=C(NCc1ccc(CN2CCCCC2)cc1)c1ccccc1CCc1ccccc1. The molecule has 1 aliphatic rings. The van der Waals surface area contributed by atoms with E-state index in [-0.39, 0.29) is 5.91 Å². The predicted octanol–water partition coefficient (Wildman–Crippen LogP) is 5.39. The van der Waals surface area contributed by atoms with E-state index in [1.165, 1.54) is 43.5 Å². The van der Waals surface area contributed by atoms with Crippen LogP contribution in [-0.4, -0.2) is 23.9 Å². The maximum atomic E-state index is 12.9. The minimum Gasteiger partial charge on any atom is -0.348 e. The molecular formula is C28H32N2O. The minimum absolute atomic E-state index is 0.000977. The van der Waals surface area contributed by atoms with Crippen LogP contribution in [0.2, 0.25) is 0 Å². The number of likely N-dealkylation sites (tertiary alicyclic amines) is 1. The van der Waals surface area contributed by atoms with Gasteiger partial charge in [-0.15, -0.1) is 0 Å². The van der Waals surface area contributed by atoms with E-state index in [4.69, 9.17) is 0 Å². The quantitative estimate of drug-likeness (QED) is 0.538. The molecule has 1 aliphatic heterocycles. The molecule has 0 aromatic heterocycles. The Balaban J connectivity index is 1.31. The number of amides is 1. The second-order valence-corrected chi connectivity index (χ2v) is 8.48. The molecule has 0 saturated carbocycles. The van der Waals surface area contributed by atoms with Gasteiger partial charge in [-0.2, -0.15) is 0 Å². The van der Waals surface area contributed by atoms with Crippen molar-refractivity contribution < 1.29 is 4.79 Å². The number of hydrogen-bond acceptors (Lipinski definition) is 2. The molecule has 3 aromatic rings. The largest absolute Gasteiger partial charge is 0.348 e. The molecule has 3 nitrogen and oxygen atoms in total. The lowest BCUT2D eigenvalue weighted by molar-refractivity contribution is 0.0950. The van der Waals surface area contributed by atoms with Crippen LogP contribution in [-0.2, 0) is 25.9 Å². The lowest BCUT2D eigenvalue weighted by atomic mass is 9.99. The molecule has 0 aliphatic carbocycles. The molecule has 3 heteroatoms. The molecule has 0 bridgehead atoms. The van der Waals surface area contributed by atoms with Crippen LogP contribution in [0.15, 0.2) is 78.9 Å². The molecule has 1 amide bonds. The van der Waals surface area contributed by atoms with Crippen molar-refractivity contribution in [1.82, 2.24) is 10.2 Å². The van der Waals surface area contributed by atoms with Gasteiger partial charge in [0.2, 0.25) is 0 Å². The number of nitrogens with one attached hydrogen (secondary N) is 1. The molecule has 3 aromatic carbocycles. The van der Waals surface area contributed by atoms with Crippen molar-refractivity contribution in [1.29, 1.82) is 0 Å². The summed E-state index contributed by atoms with van der Waals surface area (Å²) < 4.78 is 0. The summed E-state index contributed by atoms with van der Waals surface area (Å²) in [6.07, 6.45) is 5.79. The zero-order valence-electron chi connectivity index (χ0n) is 18.2. The Kier molecular flexibility index (Phi) is 7.51. The summed E-state index contributed by atoms with van der Waals surface area (Å²) in [6.45, 7) is 4.00. The number of aryl methyl sites for hydroxylation is 2. The second-order valence-electron chi connectivity index (χ2n) is 8.48. The highest BCUT2D eigenvalue weighted by molar-refractivity contribution is 5.95. The molecule has 1 heterocycles. The summed E-state index contributed by atoms with van der Waals surface area (Å²) in [5.74, 6) is 0.000977. The standard InChI is InChI=1S/C28H32N2O/c31-28(27-12-6-5-11-26(27)18-17-23-9-3-1-4-10-23)29-21-24-13-15-25(16-14-24)22-30-19-7-2-8-20-30/h1,3-6,9-16H,2,7-8,17-22H2,(H,29,31). The Labute approximate surface area is 186 Å². The van der Waals surface area contributed by atoms with Gasteiger partial charge in [0.25, 0.3) is 5.91 Å². The van der Waals surface area contributed by atoms with Crippen molar-refractivity contribution in [2.24, 2.45) is 0 Å². The van der Waals surface area contributed by atoms with E-state index >= 15 is 0 Å². The van der Waals surface area contributed by atoms with Gasteiger partial charge in [0.1, 0.15) is 0 Å². The van der Waals surface area contributed by atoms with Gasteiger partial charge in [-0.25, -0.2) is 0 Å². The van der Waals surface area contributed by atoms with Crippen LogP contribution in [0.4, 0.5) is 0 Å². The summed E-state index contributed by atoms with van der Waals surface area (Å²) in [5, 5.41) is 3.11. The molecule has 1 fully saturated rings. The van der Waals surface area contributed by atoms with Gasteiger partial charge in [-0.05, 0) is 67.1 Å². The molecule has 1 saturated heterocycles. The smallest absolute Gasteiger partial charge is 0.251 e. The average molecular weight is 413 g/mol. The lowest BCUT2D eigenvalue weighted by Gasteiger charge is -2.26. The zero-order chi connectivity index (χ0) is 21.3. The first-order valence-corrected chi connectivity index (χ1v) is 11.5. The van der Waals surface area contributed by atoms with Gasteiger partial charge in [0.05, 0.1) is 0 Å². The number of benzene rings is 3. The van der Waals surface area contributed by atoms with Gasteiger partial charge >= 0.3 is 0 Å². The average Bonchev–Trinajstić information content (AvgIpc) is 2.83. The molecule has 160 valence electrons. The number of carbonyl (C=O) groups excluding carboxylic acids is 1. The van der Waals surface area contributed by atoms with Crippen molar-refractivity contribution in [2.45, 2.75) is 45.2 Å². The first-order valence-electron chi connectivity index (χ1n) is 11.5. The van der Waals surface area contributed by atoms with E-state index in [9.17, 15) is 4.79 Å². The van der Waals surface area contributed by atoms with Crippen LogP contribution < -0.4 is 5.32 Å². The topological polar surface area (TPSA) is 32.3 Å². The van der Waals surface area contributed by atoms with Crippen molar-refractivity contribution >= 4 is 5.91 Å². The maximum absolute atomic E-state index is 12.9. The summed E-state index contributed by atoms with van der Waals surface area (Å²) in [7, 11) is 0. The van der Waals surface area contributed by atoms with E-state index in [2.05, 4.69) is 64.8 Å². The number of nitrogens with zero attached hydrogens (tertiary/aromatic N) is 1. The van der Waals surface area contributed by atoms with Crippen LogP contribution in [0.1, 0.15) is 51.9 Å². The summed E-state index contributed by atoms with van der Waals surface area (Å²) >= 11 is 0. The first-order chi connectivity index (χ1) is 15.3. The van der Waals surface area contributed by atoms with Gasteiger partial charge in [0, 0.05) is 18.7 Å². The lowest BCUT2D eigenvalue weighted by Crippen LogP contribution is -2.29. The van der Waals surface area contributed by atoms with Gasteiger partial charge < -0.3 is 5.32 Å². The van der Waals surface area contributed by atoms with Crippen LogP contribution in [0.5, 0.6) is 0 Å². The third-order valence-electron chi connectivity index (χ3n) is 6.12. The van der Waals surface area contributed by atoms with Gasteiger partial charge in [-0.3, -0.25) is 9.69 Å². The highest BCUT2D eigenvalue weighted by Crippen LogP contribution is 2.15.